The van der Waals surface area contributed by atoms with Gasteiger partial charge in [-0.1, -0.05) is 17.7 Å². The van der Waals surface area contributed by atoms with Gasteiger partial charge in [0.25, 0.3) is 0 Å². The average molecular weight is 262 g/mol. The summed E-state index contributed by atoms with van der Waals surface area (Å²) in [6, 6.07) is 7.99. The molecule has 1 heterocycles. The lowest BCUT2D eigenvalue weighted by Crippen LogP contribution is -2.03. The van der Waals surface area contributed by atoms with Crippen LogP contribution in [0.4, 0.5) is 10.8 Å². The van der Waals surface area contributed by atoms with Gasteiger partial charge in [0.15, 0.2) is 10.8 Å². The van der Waals surface area contributed by atoms with Crippen LogP contribution in [-0.4, -0.2) is 18.1 Å². The fraction of sp³-hybridized carbons (Fsp3) is 0.231. The van der Waals surface area contributed by atoms with Crippen LogP contribution in [0.2, 0.25) is 0 Å². The second kappa shape index (κ2) is 5.18. The molecular weight excluding hydrogens is 248 g/mol. The van der Waals surface area contributed by atoms with Crippen LogP contribution < -0.4 is 5.32 Å². The van der Waals surface area contributed by atoms with Crippen LogP contribution in [-0.2, 0) is 4.74 Å². The molecule has 0 bridgehead atoms. The molecule has 1 aromatic carbocycles. The first-order valence-corrected chi connectivity index (χ1v) is 6.31. The summed E-state index contributed by atoms with van der Waals surface area (Å²) in [5, 5.41) is 3.86. The number of carbonyl (C=O) groups excluding carboxylic acids is 1. The van der Waals surface area contributed by atoms with Gasteiger partial charge in [0.05, 0.1) is 7.11 Å². The fourth-order valence-corrected chi connectivity index (χ4v) is 2.32. The van der Waals surface area contributed by atoms with Crippen molar-refractivity contribution >= 4 is 28.1 Å². The van der Waals surface area contributed by atoms with E-state index < -0.39 is 5.97 Å². The number of hydrogen-bond acceptors (Lipinski definition) is 5. The zero-order valence-electron chi connectivity index (χ0n) is 10.5. The van der Waals surface area contributed by atoms with E-state index >= 15 is 0 Å². The lowest BCUT2D eigenvalue weighted by Gasteiger charge is -2.02. The van der Waals surface area contributed by atoms with Crippen LogP contribution in [0.1, 0.15) is 20.9 Å². The van der Waals surface area contributed by atoms with E-state index in [1.165, 1.54) is 24.0 Å². The Morgan fingerprint density at radius 2 is 1.94 bits per heavy atom. The molecule has 0 aliphatic rings. The molecule has 2 aromatic rings. The van der Waals surface area contributed by atoms with E-state index in [2.05, 4.69) is 15.0 Å². The molecular formula is C13H14N2O2S. The van der Waals surface area contributed by atoms with Gasteiger partial charge < -0.3 is 10.1 Å². The smallest absolute Gasteiger partial charge is 0.357 e. The molecule has 1 N–H and O–H groups in total. The molecule has 0 spiro atoms. The Balaban J connectivity index is 2.20. The van der Waals surface area contributed by atoms with Crippen LogP contribution in [0.5, 0.6) is 0 Å². The zero-order chi connectivity index (χ0) is 13.1. The van der Waals surface area contributed by atoms with Crippen molar-refractivity contribution < 1.29 is 9.53 Å². The van der Waals surface area contributed by atoms with Gasteiger partial charge in [0, 0.05) is 10.6 Å². The number of aryl methyl sites for hydroxylation is 2. The minimum atomic E-state index is -0.402. The second-order valence-electron chi connectivity index (χ2n) is 3.91. The lowest BCUT2D eigenvalue weighted by molar-refractivity contribution is 0.0594. The van der Waals surface area contributed by atoms with Crippen molar-refractivity contribution in [1.82, 2.24) is 4.98 Å². The number of esters is 1. The predicted octanol–water partition coefficient (Wildman–Crippen LogP) is 3.29. The summed E-state index contributed by atoms with van der Waals surface area (Å²) in [7, 11) is 1.36. The van der Waals surface area contributed by atoms with E-state index in [4.69, 9.17) is 0 Å². The molecule has 2 rings (SSSR count). The van der Waals surface area contributed by atoms with Gasteiger partial charge in [-0.05, 0) is 26.0 Å². The first kappa shape index (κ1) is 12.6. The van der Waals surface area contributed by atoms with Crippen LogP contribution >= 0.6 is 11.3 Å². The Labute approximate surface area is 110 Å². The van der Waals surface area contributed by atoms with Gasteiger partial charge in [-0.25, -0.2) is 9.78 Å². The summed E-state index contributed by atoms with van der Waals surface area (Å²) in [5.41, 5.74) is 2.52. The average Bonchev–Trinajstić information content (AvgIpc) is 2.72. The van der Waals surface area contributed by atoms with E-state index in [1.807, 2.05) is 38.1 Å². The number of hydrogen-bond donors (Lipinski definition) is 1. The third-order valence-corrected chi connectivity index (χ3v) is 3.36. The Morgan fingerprint density at radius 3 is 2.56 bits per heavy atom. The number of ether oxygens (including phenoxy) is 1. The molecule has 0 radical (unpaired) electrons. The molecule has 4 nitrogen and oxygen atoms in total. The molecule has 0 saturated heterocycles. The monoisotopic (exact) mass is 262 g/mol. The molecule has 1 aromatic heterocycles. The molecule has 0 amide bonds. The normalized spacial score (nSPS) is 10.2. The summed E-state index contributed by atoms with van der Waals surface area (Å²) in [5.74, 6) is -0.402. The Morgan fingerprint density at radius 1 is 1.28 bits per heavy atom. The number of methoxy groups -OCH3 is 1. The van der Waals surface area contributed by atoms with Crippen molar-refractivity contribution in [2.45, 2.75) is 13.8 Å². The maximum Gasteiger partial charge on any atom is 0.357 e. The number of aromatic nitrogens is 1. The Bertz CT molecular complexity index is 561. The molecule has 0 saturated carbocycles. The number of thiazole rings is 1. The maximum atomic E-state index is 11.4. The number of nitrogens with one attached hydrogen (secondary N) is 1. The Kier molecular flexibility index (Phi) is 3.62. The summed E-state index contributed by atoms with van der Waals surface area (Å²) in [4.78, 5) is 16.5. The molecule has 0 unspecified atom stereocenters. The van der Waals surface area contributed by atoms with E-state index in [0.29, 0.717) is 10.8 Å². The third-order valence-electron chi connectivity index (χ3n) is 2.48. The van der Waals surface area contributed by atoms with Crippen LogP contribution in [0.15, 0.2) is 24.3 Å². The number of anilines is 2. The van der Waals surface area contributed by atoms with Gasteiger partial charge in [-0.15, -0.1) is 11.3 Å². The highest BCUT2D eigenvalue weighted by atomic mass is 32.1. The quantitative estimate of drug-likeness (QED) is 0.862. The fourth-order valence-electron chi connectivity index (χ4n) is 1.50. The molecule has 0 atom stereocenters. The van der Waals surface area contributed by atoms with Gasteiger partial charge in [0.2, 0.25) is 0 Å². The predicted molar refractivity (Wildman–Crippen MR) is 72.7 cm³/mol. The first-order valence-electron chi connectivity index (χ1n) is 5.49. The minimum Gasteiger partial charge on any atom is -0.464 e. The third kappa shape index (κ3) is 2.68. The number of benzene rings is 1. The summed E-state index contributed by atoms with van der Waals surface area (Å²) >= 11 is 1.43. The van der Waals surface area contributed by atoms with Crippen molar-refractivity contribution in [2.24, 2.45) is 0 Å². The molecule has 94 valence electrons. The summed E-state index contributed by atoms with van der Waals surface area (Å²) in [6.45, 7) is 3.89. The van der Waals surface area contributed by atoms with Gasteiger partial charge in [-0.2, -0.15) is 0 Å². The summed E-state index contributed by atoms with van der Waals surface area (Å²) in [6.07, 6.45) is 0. The molecule has 0 aliphatic carbocycles. The molecule has 0 aliphatic heterocycles. The van der Waals surface area contributed by atoms with Crippen molar-refractivity contribution in [3.05, 3.63) is 40.4 Å². The van der Waals surface area contributed by atoms with Crippen molar-refractivity contribution in [1.29, 1.82) is 0 Å². The molecule has 0 fully saturated rings. The van der Waals surface area contributed by atoms with Crippen LogP contribution in [0, 0.1) is 13.8 Å². The standard InChI is InChI=1S/C13H14N2O2S/c1-8-4-6-10(7-5-8)14-13-15-11(9(2)18-13)12(16)17-3/h4-7H,1-3H3,(H,14,15). The van der Waals surface area contributed by atoms with E-state index in [0.717, 1.165) is 10.6 Å². The first-order chi connectivity index (χ1) is 8.60. The molecule has 18 heavy (non-hydrogen) atoms. The molecule has 5 heteroatoms. The largest absolute Gasteiger partial charge is 0.464 e. The number of rotatable bonds is 3. The maximum absolute atomic E-state index is 11.4. The lowest BCUT2D eigenvalue weighted by atomic mass is 10.2. The topological polar surface area (TPSA) is 51.2 Å². The van der Waals surface area contributed by atoms with E-state index in [-0.39, 0.29) is 0 Å². The second-order valence-corrected chi connectivity index (χ2v) is 5.11. The highest BCUT2D eigenvalue weighted by molar-refractivity contribution is 7.15. The van der Waals surface area contributed by atoms with Gasteiger partial charge >= 0.3 is 5.97 Å². The summed E-state index contributed by atoms with van der Waals surface area (Å²) < 4.78 is 4.67. The zero-order valence-corrected chi connectivity index (χ0v) is 11.3. The SMILES string of the molecule is COC(=O)c1nc(Nc2ccc(C)cc2)sc1C. The highest BCUT2D eigenvalue weighted by Gasteiger charge is 2.15. The van der Waals surface area contributed by atoms with Crippen LogP contribution in [0.3, 0.4) is 0 Å². The van der Waals surface area contributed by atoms with Gasteiger partial charge in [-0.3, -0.25) is 0 Å². The van der Waals surface area contributed by atoms with E-state index in [9.17, 15) is 4.79 Å². The number of nitrogens with zero attached hydrogens (tertiary/aromatic N) is 1. The van der Waals surface area contributed by atoms with Crippen LogP contribution in [0.25, 0.3) is 0 Å². The van der Waals surface area contributed by atoms with Crippen molar-refractivity contribution in [3.8, 4) is 0 Å². The van der Waals surface area contributed by atoms with Crippen molar-refractivity contribution in [3.63, 3.8) is 0 Å². The van der Waals surface area contributed by atoms with Crippen molar-refractivity contribution in [2.75, 3.05) is 12.4 Å². The van der Waals surface area contributed by atoms with Gasteiger partial charge in [0.1, 0.15) is 0 Å². The minimum absolute atomic E-state index is 0.372. The van der Waals surface area contributed by atoms with E-state index in [1.54, 1.807) is 0 Å². The highest BCUT2D eigenvalue weighted by Crippen LogP contribution is 2.25. The Hall–Kier alpha value is -1.88. The number of carbonyl (C=O) groups is 1.